The lowest BCUT2D eigenvalue weighted by molar-refractivity contribution is 0.0171. The highest BCUT2D eigenvalue weighted by atomic mass is 16.5. The van der Waals surface area contributed by atoms with Gasteiger partial charge in [-0.15, -0.1) is 0 Å². The van der Waals surface area contributed by atoms with E-state index in [0.717, 1.165) is 6.42 Å². The molecule has 2 nitrogen and oxygen atoms in total. The number of methoxy groups -OCH3 is 1. The second kappa shape index (κ2) is 6.62. The molecule has 0 saturated carbocycles. The van der Waals surface area contributed by atoms with Crippen LogP contribution in [-0.2, 0) is 9.47 Å². The van der Waals surface area contributed by atoms with Crippen LogP contribution in [0.3, 0.4) is 0 Å². The fourth-order valence-corrected chi connectivity index (χ4v) is 1.06. The predicted octanol–water partition coefficient (Wildman–Crippen LogP) is 2.08. The van der Waals surface area contributed by atoms with Crippen molar-refractivity contribution in [2.75, 3.05) is 20.3 Å². The summed E-state index contributed by atoms with van der Waals surface area (Å²) in [6.45, 7) is 7.93. The highest BCUT2D eigenvalue weighted by Gasteiger charge is 2.03. The summed E-state index contributed by atoms with van der Waals surface area (Å²) in [5, 5.41) is 0. The van der Waals surface area contributed by atoms with Gasteiger partial charge in [0, 0.05) is 7.11 Å². The summed E-state index contributed by atoms with van der Waals surface area (Å²) in [5.74, 6) is 0.715. The molecule has 0 radical (unpaired) electrons. The van der Waals surface area contributed by atoms with E-state index in [0.29, 0.717) is 25.2 Å². The van der Waals surface area contributed by atoms with E-state index >= 15 is 0 Å². The van der Waals surface area contributed by atoms with Crippen LogP contribution in [0.1, 0.15) is 27.2 Å². The molecule has 68 valence electrons. The van der Waals surface area contributed by atoms with Gasteiger partial charge in [0.15, 0.2) is 0 Å². The van der Waals surface area contributed by atoms with Gasteiger partial charge in [0.1, 0.15) is 0 Å². The zero-order valence-corrected chi connectivity index (χ0v) is 8.09. The van der Waals surface area contributed by atoms with Crippen LogP contribution in [0.2, 0.25) is 0 Å². The summed E-state index contributed by atoms with van der Waals surface area (Å²) < 4.78 is 10.3. The smallest absolute Gasteiger partial charge is 0.0703 e. The third-order valence-electron chi connectivity index (χ3n) is 1.49. The van der Waals surface area contributed by atoms with Crippen molar-refractivity contribution in [1.82, 2.24) is 0 Å². The number of rotatable bonds is 6. The summed E-state index contributed by atoms with van der Waals surface area (Å²) >= 11 is 0. The summed E-state index contributed by atoms with van der Waals surface area (Å²) in [5.41, 5.74) is 0. The maximum atomic E-state index is 5.47. The van der Waals surface area contributed by atoms with E-state index in [2.05, 4.69) is 20.8 Å². The molecule has 0 heterocycles. The first kappa shape index (κ1) is 10.9. The Hall–Kier alpha value is -0.0800. The summed E-state index contributed by atoms with van der Waals surface area (Å²) in [6, 6.07) is 0. The van der Waals surface area contributed by atoms with Gasteiger partial charge < -0.3 is 9.47 Å². The number of ether oxygens (including phenoxy) is 2. The van der Waals surface area contributed by atoms with Crippen molar-refractivity contribution in [3.05, 3.63) is 0 Å². The number of hydrogen-bond acceptors (Lipinski definition) is 2. The van der Waals surface area contributed by atoms with Crippen LogP contribution in [-0.4, -0.2) is 26.4 Å². The van der Waals surface area contributed by atoms with Gasteiger partial charge in [-0.1, -0.05) is 13.8 Å². The predicted molar refractivity (Wildman–Crippen MR) is 46.7 cm³/mol. The molecule has 0 saturated heterocycles. The van der Waals surface area contributed by atoms with E-state index in [1.54, 1.807) is 7.11 Å². The topological polar surface area (TPSA) is 18.5 Å². The van der Waals surface area contributed by atoms with Crippen molar-refractivity contribution in [2.24, 2.45) is 5.92 Å². The Bertz CT molecular complexity index is 81.6. The van der Waals surface area contributed by atoms with Crippen LogP contribution in [0.4, 0.5) is 0 Å². The van der Waals surface area contributed by atoms with Gasteiger partial charge >= 0.3 is 0 Å². The van der Waals surface area contributed by atoms with E-state index in [4.69, 9.17) is 9.47 Å². The van der Waals surface area contributed by atoms with Crippen molar-refractivity contribution >= 4 is 0 Å². The molecule has 0 aliphatic rings. The van der Waals surface area contributed by atoms with Crippen LogP contribution in [0.5, 0.6) is 0 Å². The molecule has 0 aliphatic carbocycles. The number of hydrogen-bond donors (Lipinski definition) is 0. The molecule has 0 unspecified atom stereocenters. The zero-order chi connectivity index (χ0) is 8.69. The lowest BCUT2D eigenvalue weighted by atomic mass is 10.1. The van der Waals surface area contributed by atoms with Crippen LogP contribution >= 0.6 is 0 Å². The second-order valence-corrected chi connectivity index (χ2v) is 3.30. The third-order valence-corrected chi connectivity index (χ3v) is 1.49. The Labute approximate surface area is 69.9 Å². The molecule has 0 spiro atoms. The van der Waals surface area contributed by atoms with E-state index in [1.165, 1.54) is 0 Å². The quantitative estimate of drug-likeness (QED) is 0.554. The average molecular weight is 160 g/mol. The molecule has 0 aliphatic heterocycles. The van der Waals surface area contributed by atoms with Gasteiger partial charge in [-0.3, -0.25) is 0 Å². The minimum absolute atomic E-state index is 0.366. The minimum Gasteiger partial charge on any atom is -0.382 e. The first-order valence-electron chi connectivity index (χ1n) is 4.27. The molecular weight excluding hydrogens is 140 g/mol. The van der Waals surface area contributed by atoms with Gasteiger partial charge in [0.25, 0.3) is 0 Å². The molecule has 0 fully saturated rings. The minimum atomic E-state index is 0.366. The standard InChI is InChI=1S/C9H20O2/c1-8(2)7-9(3)11-6-5-10-4/h8-9H,5-7H2,1-4H3/t9-/m1/s1. The van der Waals surface area contributed by atoms with Crippen molar-refractivity contribution in [1.29, 1.82) is 0 Å². The van der Waals surface area contributed by atoms with E-state index in [9.17, 15) is 0 Å². The summed E-state index contributed by atoms with van der Waals surface area (Å²) in [7, 11) is 1.69. The van der Waals surface area contributed by atoms with Crippen molar-refractivity contribution in [2.45, 2.75) is 33.3 Å². The SMILES string of the molecule is COCCO[C@H](C)CC(C)C. The van der Waals surface area contributed by atoms with Gasteiger partial charge in [-0.05, 0) is 19.3 Å². The second-order valence-electron chi connectivity index (χ2n) is 3.30. The van der Waals surface area contributed by atoms with Crippen molar-refractivity contribution in [3.63, 3.8) is 0 Å². The monoisotopic (exact) mass is 160 g/mol. The molecule has 0 aromatic rings. The Morgan fingerprint density at radius 1 is 1.09 bits per heavy atom. The summed E-state index contributed by atoms with van der Waals surface area (Å²) in [4.78, 5) is 0. The molecule has 0 aromatic heterocycles. The first-order chi connectivity index (χ1) is 5.16. The van der Waals surface area contributed by atoms with E-state index in [-0.39, 0.29) is 0 Å². The van der Waals surface area contributed by atoms with Crippen LogP contribution in [0, 0.1) is 5.92 Å². The van der Waals surface area contributed by atoms with Crippen molar-refractivity contribution < 1.29 is 9.47 Å². The van der Waals surface area contributed by atoms with E-state index in [1.807, 2.05) is 0 Å². The largest absolute Gasteiger partial charge is 0.382 e. The normalized spacial score (nSPS) is 13.9. The molecule has 0 amide bonds. The third kappa shape index (κ3) is 7.82. The average Bonchev–Trinajstić information content (AvgIpc) is 1.86. The van der Waals surface area contributed by atoms with Gasteiger partial charge in [-0.25, -0.2) is 0 Å². The van der Waals surface area contributed by atoms with Crippen molar-refractivity contribution in [3.8, 4) is 0 Å². The molecule has 0 aromatic carbocycles. The highest BCUT2D eigenvalue weighted by molar-refractivity contribution is 4.53. The van der Waals surface area contributed by atoms with Crippen LogP contribution in [0.15, 0.2) is 0 Å². The molecular formula is C9H20O2. The Balaban J connectivity index is 3.15. The molecule has 0 rings (SSSR count). The van der Waals surface area contributed by atoms with E-state index < -0.39 is 0 Å². The molecule has 11 heavy (non-hydrogen) atoms. The Morgan fingerprint density at radius 2 is 1.73 bits per heavy atom. The van der Waals surface area contributed by atoms with Crippen LogP contribution in [0.25, 0.3) is 0 Å². The highest BCUT2D eigenvalue weighted by Crippen LogP contribution is 2.06. The Morgan fingerprint density at radius 3 is 2.18 bits per heavy atom. The fraction of sp³-hybridized carbons (Fsp3) is 1.00. The molecule has 0 N–H and O–H groups in total. The maximum Gasteiger partial charge on any atom is 0.0703 e. The van der Waals surface area contributed by atoms with Gasteiger partial charge in [0.2, 0.25) is 0 Å². The maximum absolute atomic E-state index is 5.47. The zero-order valence-electron chi connectivity index (χ0n) is 8.09. The molecule has 2 heteroatoms. The molecule has 1 atom stereocenters. The fourth-order valence-electron chi connectivity index (χ4n) is 1.06. The molecule has 0 bridgehead atoms. The lowest BCUT2D eigenvalue weighted by Gasteiger charge is -2.14. The summed E-state index contributed by atoms with van der Waals surface area (Å²) in [6.07, 6.45) is 1.49. The first-order valence-corrected chi connectivity index (χ1v) is 4.27. The van der Waals surface area contributed by atoms with Gasteiger partial charge in [-0.2, -0.15) is 0 Å². The van der Waals surface area contributed by atoms with Gasteiger partial charge in [0.05, 0.1) is 19.3 Å². The Kier molecular flexibility index (Phi) is 6.57. The van der Waals surface area contributed by atoms with Crippen LogP contribution < -0.4 is 0 Å². The lowest BCUT2D eigenvalue weighted by Crippen LogP contribution is -2.14.